The Bertz CT molecular complexity index is 809. The van der Waals surface area contributed by atoms with E-state index in [1.165, 1.54) is 6.33 Å². The lowest BCUT2D eigenvalue weighted by Gasteiger charge is -2.45. The van der Waals surface area contributed by atoms with E-state index in [1.807, 2.05) is 12.3 Å². The van der Waals surface area contributed by atoms with Crippen LogP contribution in [0.15, 0.2) is 18.6 Å². The molecule has 2 aromatic heterocycles. The van der Waals surface area contributed by atoms with Gasteiger partial charge >= 0.3 is 5.97 Å². The molecule has 0 bridgehead atoms. The molecule has 2 saturated heterocycles. The highest BCUT2D eigenvalue weighted by Gasteiger charge is 2.55. The fraction of sp³-hybridized carbons (Fsp3) is 0.500. The number of carboxylic acid groups (broad SMARTS) is 1. The van der Waals surface area contributed by atoms with Crippen molar-refractivity contribution in [1.82, 2.24) is 19.9 Å². The summed E-state index contributed by atoms with van der Waals surface area (Å²) in [5, 5.41) is 10.5. The van der Waals surface area contributed by atoms with Crippen molar-refractivity contribution in [2.24, 2.45) is 5.92 Å². The molecule has 2 aliphatic heterocycles. The van der Waals surface area contributed by atoms with Crippen molar-refractivity contribution < 1.29 is 14.7 Å². The van der Waals surface area contributed by atoms with Crippen molar-refractivity contribution in [1.29, 1.82) is 0 Å². The summed E-state index contributed by atoms with van der Waals surface area (Å²) in [6.45, 7) is 1.33. The number of carbonyl (C=O) groups is 2. The topological polar surface area (TPSA) is 102 Å². The van der Waals surface area contributed by atoms with E-state index in [0.29, 0.717) is 25.9 Å². The first-order chi connectivity index (χ1) is 11.5. The molecule has 8 heteroatoms. The minimum absolute atomic E-state index is 0.0779. The molecule has 8 nitrogen and oxygen atoms in total. The zero-order chi connectivity index (χ0) is 16.9. The molecular weight excluding hydrogens is 310 g/mol. The maximum Gasteiger partial charge on any atom is 0.309 e. The SMILES string of the molecule is CN1C(=O)CC(C(=O)O)C12CCN(c1ncnc3[nH]ccc13)CC2. The van der Waals surface area contributed by atoms with Crippen LogP contribution in [0.25, 0.3) is 11.0 Å². The zero-order valence-electron chi connectivity index (χ0n) is 13.4. The number of aromatic amines is 1. The predicted molar refractivity (Wildman–Crippen MR) is 86.6 cm³/mol. The van der Waals surface area contributed by atoms with Gasteiger partial charge in [-0.1, -0.05) is 0 Å². The van der Waals surface area contributed by atoms with Crippen molar-refractivity contribution in [2.75, 3.05) is 25.0 Å². The predicted octanol–water partition coefficient (Wildman–Crippen LogP) is 0.860. The maximum absolute atomic E-state index is 12.1. The molecule has 2 fully saturated rings. The van der Waals surface area contributed by atoms with Crippen LogP contribution in [-0.4, -0.2) is 62.5 Å². The standard InChI is InChI=1S/C16H19N5O3/c1-20-12(22)8-11(15(23)24)16(20)3-6-21(7-4-16)14-10-2-5-17-13(10)18-9-19-14/h2,5,9,11H,3-4,6-8H2,1H3,(H,23,24)(H,17,18,19). The van der Waals surface area contributed by atoms with Crippen molar-refractivity contribution >= 4 is 28.7 Å². The fourth-order valence-corrected chi connectivity index (χ4v) is 4.20. The van der Waals surface area contributed by atoms with Gasteiger partial charge in [0.05, 0.1) is 16.8 Å². The van der Waals surface area contributed by atoms with Gasteiger partial charge in [-0.05, 0) is 18.9 Å². The Hall–Kier alpha value is -2.64. The molecule has 2 aromatic rings. The monoisotopic (exact) mass is 329 g/mol. The van der Waals surface area contributed by atoms with Gasteiger partial charge in [-0.2, -0.15) is 0 Å². The van der Waals surface area contributed by atoms with E-state index in [0.717, 1.165) is 16.9 Å². The molecule has 24 heavy (non-hydrogen) atoms. The second-order valence-electron chi connectivity index (χ2n) is 6.58. The minimum Gasteiger partial charge on any atom is -0.481 e. The Morgan fingerprint density at radius 2 is 2.12 bits per heavy atom. The number of amides is 1. The van der Waals surface area contributed by atoms with Crippen LogP contribution in [0.1, 0.15) is 19.3 Å². The Morgan fingerprint density at radius 1 is 1.38 bits per heavy atom. The Morgan fingerprint density at radius 3 is 2.83 bits per heavy atom. The molecule has 4 rings (SSSR count). The summed E-state index contributed by atoms with van der Waals surface area (Å²) in [5.74, 6) is -0.730. The quantitative estimate of drug-likeness (QED) is 0.847. The van der Waals surface area contributed by atoms with E-state index in [9.17, 15) is 14.7 Å². The second-order valence-corrected chi connectivity index (χ2v) is 6.58. The van der Waals surface area contributed by atoms with E-state index >= 15 is 0 Å². The number of hydrogen-bond donors (Lipinski definition) is 2. The Balaban J connectivity index is 1.61. The van der Waals surface area contributed by atoms with Gasteiger partial charge in [-0.15, -0.1) is 0 Å². The van der Waals surface area contributed by atoms with Crippen molar-refractivity contribution in [2.45, 2.75) is 24.8 Å². The largest absolute Gasteiger partial charge is 0.481 e. The van der Waals surface area contributed by atoms with Gasteiger partial charge in [-0.3, -0.25) is 9.59 Å². The maximum atomic E-state index is 12.1. The van der Waals surface area contributed by atoms with Crippen molar-refractivity contribution in [3.63, 3.8) is 0 Å². The highest BCUT2D eigenvalue weighted by Crippen LogP contribution is 2.43. The number of nitrogens with one attached hydrogen (secondary N) is 1. The van der Waals surface area contributed by atoms with Gasteiger partial charge < -0.3 is 19.9 Å². The third-order valence-electron chi connectivity index (χ3n) is 5.63. The number of anilines is 1. The highest BCUT2D eigenvalue weighted by molar-refractivity contribution is 5.89. The third-order valence-corrected chi connectivity index (χ3v) is 5.63. The number of aliphatic carboxylic acids is 1. The minimum atomic E-state index is -0.879. The summed E-state index contributed by atoms with van der Waals surface area (Å²) in [7, 11) is 1.73. The number of hydrogen-bond acceptors (Lipinski definition) is 5. The van der Waals surface area contributed by atoms with E-state index in [1.54, 1.807) is 11.9 Å². The first-order valence-corrected chi connectivity index (χ1v) is 8.05. The van der Waals surface area contributed by atoms with Crippen LogP contribution in [-0.2, 0) is 9.59 Å². The normalized spacial score (nSPS) is 23.4. The van der Waals surface area contributed by atoms with Crippen LogP contribution in [0.3, 0.4) is 0 Å². The number of rotatable bonds is 2. The molecule has 0 radical (unpaired) electrons. The number of aromatic nitrogens is 3. The number of nitrogens with zero attached hydrogens (tertiary/aromatic N) is 4. The molecular formula is C16H19N5O3. The van der Waals surface area contributed by atoms with E-state index in [-0.39, 0.29) is 12.3 Å². The van der Waals surface area contributed by atoms with Crippen LogP contribution >= 0.6 is 0 Å². The summed E-state index contributed by atoms with van der Waals surface area (Å²) in [4.78, 5) is 39.2. The molecule has 126 valence electrons. The van der Waals surface area contributed by atoms with Crippen LogP contribution < -0.4 is 4.90 Å². The van der Waals surface area contributed by atoms with Gasteiger partial charge in [0, 0.05) is 32.8 Å². The number of carbonyl (C=O) groups excluding carboxylic acids is 1. The summed E-state index contributed by atoms with van der Waals surface area (Å²) in [6.07, 6.45) is 4.72. The van der Waals surface area contributed by atoms with Crippen LogP contribution in [0.4, 0.5) is 5.82 Å². The highest BCUT2D eigenvalue weighted by atomic mass is 16.4. The molecule has 0 saturated carbocycles. The average molecular weight is 329 g/mol. The van der Waals surface area contributed by atoms with E-state index in [2.05, 4.69) is 19.9 Å². The Labute approximate surface area is 138 Å². The lowest BCUT2D eigenvalue weighted by molar-refractivity contribution is -0.145. The van der Waals surface area contributed by atoms with Crippen molar-refractivity contribution in [3.05, 3.63) is 18.6 Å². The number of fused-ring (bicyclic) bond motifs is 1. The Kier molecular flexibility index (Phi) is 3.22. The van der Waals surface area contributed by atoms with E-state index in [4.69, 9.17) is 0 Å². The molecule has 2 N–H and O–H groups in total. The van der Waals surface area contributed by atoms with Gasteiger partial charge in [0.25, 0.3) is 0 Å². The van der Waals surface area contributed by atoms with Crippen LogP contribution in [0, 0.1) is 5.92 Å². The first-order valence-electron chi connectivity index (χ1n) is 8.05. The zero-order valence-corrected chi connectivity index (χ0v) is 13.4. The molecule has 0 aromatic carbocycles. The number of H-pyrrole nitrogens is 1. The summed E-state index contributed by atoms with van der Waals surface area (Å²) in [6, 6.07) is 1.94. The van der Waals surface area contributed by atoms with Gasteiger partial charge in [0.15, 0.2) is 0 Å². The lowest BCUT2D eigenvalue weighted by Crippen LogP contribution is -2.56. The first kappa shape index (κ1) is 14.9. The number of likely N-dealkylation sites (tertiary alicyclic amines) is 1. The third kappa shape index (κ3) is 1.98. The van der Waals surface area contributed by atoms with Gasteiger partial charge in [-0.25, -0.2) is 9.97 Å². The lowest BCUT2D eigenvalue weighted by atomic mass is 9.77. The van der Waals surface area contributed by atoms with Gasteiger partial charge in [0.1, 0.15) is 17.8 Å². The van der Waals surface area contributed by atoms with Crippen LogP contribution in [0.5, 0.6) is 0 Å². The van der Waals surface area contributed by atoms with E-state index < -0.39 is 17.4 Å². The number of carboxylic acids is 1. The molecule has 1 atom stereocenters. The molecule has 1 amide bonds. The average Bonchev–Trinajstić information content (AvgIpc) is 3.15. The molecule has 0 aliphatic carbocycles. The smallest absolute Gasteiger partial charge is 0.309 e. The number of piperidine rings is 1. The molecule has 1 spiro atoms. The van der Waals surface area contributed by atoms with Gasteiger partial charge in [0.2, 0.25) is 5.91 Å². The second kappa shape index (κ2) is 5.19. The molecule has 1 unspecified atom stereocenters. The summed E-state index contributed by atoms with van der Waals surface area (Å²) in [5.41, 5.74) is 0.209. The van der Waals surface area contributed by atoms with Crippen LogP contribution in [0.2, 0.25) is 0 Å². The van der Waals surface area contributed by atoms with Crippen molar-refractivity contribution in [3.8, 4) is 0 Å². The molecule has 2 aliphatic rings. The summed E-state index contributed by atoms with van der Waals surface area (Å²) < 4.78 is 0. The fourth-order valence-electron chi connectivity index (χ4n) is 4.20. The summed E-state index contributed by atoms with van der Waals surface area (Å²) >= 11 is 0. The molecule has 4 heterocycles.